The Kier molecular flexibility index (Phi) is 8.81. The van der Waals surface area contributed by atoms with Crippen LogP contribution >= 0.6 is 0 Å². The molecular weight excluding hydrogens is 158 g/mol. The molecule has 0 heterocycles. The van der Waals surface area contributed by atoms with E-state index in [-0.39, 0.29) is 12.7 Å². The molecule has 0 aliphatic carbocycles. The fraction of sp³-hybridized carbons (Fsp3) is 1.00. The number of ether oxygens (including phenoxy) is 1. The summed E-state index contributed by atoms with van der Waals surface area (Å²) in [6.45, 7) is 4.37. The minimum atomic E-state index is -0.289. The van der Waals surface area contributed by atoms with Crippen LogP contribution in [0.2, 0.25) is 0 Å². The first-order valence-corrected chi connectivity index (χ1v) is 4.34. The molecule has 0 saturated heterocycles. The van der Waals surface area contributed by atoms with Crippen LogP contribution in [0.5, 0.6) is 0 Å². The van der Waals surface area contributed by atoms with Crippen LogP contribution in [0.25, 0.3) is 0 Å². The van der Waals surface area contributed by atoms with E-state index in [0.29, 0.717) is 19.8 Å². The van der Waals surface area contributed by atoms with Gasteiger partial charge in [-0.25, -0.2) is 0 Å². The van der Waals surface area contributed by atoms with Crippen LogP contribution in [0.3, 0.4) is 0 Å². The highest BCUT2D eigenvalue weighted by atomic mass is 16.5. The highest BCUT2D eigenvalue weighted by Gasteiger charge is 1.93. The van der Waals surface area contributed by atoms with E-state index in [1.165, 1.54) is 0 Å². The predicted molar refractivity (Wildman–Crippen MR) is 47.1 cm³/mol. The molecule has 74 valence electrons. The molecule has 0 saturated carbocycles. The van der Waals surface area contributed by atoms with Crippen LogP contribution in [0.1, 0.15) is 13.3 Å². The Morgan fingerprint density at radius 3 is 2.75 bits per heavy atom. The molecule has 0 aliphatic heterocycles. The van der Waals surface area contributed by atoms with Gasteiger partial charge in [-0.05, 0) is 19.9 Å². The van der Waals surface area contributed by atoms with E-state index in [1.54, 1.807) is 6.92 Å². The molecule has 1 unspecified atom stereocenters. The van der Waals surface area contributed by atoms with Crippen molar-refractivity contribution in [3.05, 3.63) is 0 Å². The number of hydrogen-bond donors (Lipinski definition) is 3. The van der Waals surface area contributed by atoms with E-state index in [4.69, 9.17) is 14.9 Å². The molecule has 0 rings (SSSR count). The lowest BCUT2D eigenvalue weighted by atomic mass is 10.4. The summed E-state index contributed by atoms with van der Waals surface area (Å²) in [6.07, 6.45) is 0.621. The molecule has 0 aromatic carbocycles. The molecule has 4 nitrogen and oxygen atoms in total. The lowest BCUT2D eigenvalue weighted by Gasteiger charge is -2.06. The van der Waals surface area contributed by atoms with Crippen LogP contribution in [-0.2, 0) is 4.74 Å². The van der Waals surface area contributed by atoms with Gasteiger partial charge in [0.05, 0.1) is 19.3 Å². The van der Waals surface area contributed by atoms with Crippen LogP contribution < -0.4 is 5.32 Å². The third kappa shape index (κ3) is 9.84. The van der Waals surface area contributed by atoms with Crippen LogP contribution in [-0.4, -0.2) is 49.2 Å². The smallest absolute Gasteiger partial charge is 0.0697 e. The zero-order valence-electron chi connectivity index (χ0n) is 7.62. The predicted octanol–water partition coefficient (Wildman–Crippen LogP) is -0.644. The van der Waals surface area contributed by atoms with E-state index < -0.39 is 0 Å². The molecule has 0 fully saturated rings. The van der Waals surface area contributed by atoms with E-state index >= 15 is 0 Å². The summed E-state index contributed by atoms with van der Waals surface area (Å²) in [5.41, 5.74) is 0. The highest BCUT2D eigenvalue weighted by Crippen LogP contribution is 1.81. The third-order valence-electron chi connectivity index (χ3n) is 1.32. The first-order valence-electron chi connectivity index (χ1n) is 4.34. The van der Waals surface area contributed by atoms with Gasteiger partial charge in [0.15, 0.2) is 0 Å². The average molecular weight is 177 g/mol. The van der Waals surface area contributed by atoms with Crippen molar-refractivity contribution in [2.75, 3.05) is 32.9 Å². The Bertz CT molecular complexity index is 88.4. The molecular formula is C8H19NO3. The van der Waals surface area contributed by atoms with Crippen molar-refractivity contribution in [2.24, 2.45) is 0 Å². The lowest BCUT2D eigenvalue weighted by Crippen LogP contribution is -2.26. The van der Waals surface area contributed by atoms with Gasteiger partial charge in [-0.2, -0.15) is 0 Å². The second-order valence-electron chi connectivity index (χ2n) is 2.74. The minimum absolute atomic E-state index is 0.0844. The summed E-state index contributed by atoms with van der Waals surface area (Å²) in [5, 5.41) is 20.3. The number of rotatable bonds is 8. The van der Waals surface area contributed by atoms with Gasteiger partial charge in [0, 0.05) is 13.2 Å². The third-order valence-corrected chi connectivity index (χ3v) is 1.32. The molecule has 0 aromatic rings. The second-order valence-corrected chi connectivity index (χ2v) is 2.74. The molecule has 4 heteroatoms. The van der Waals surface area contributed by atoms with E-state index in [2.05, 4.69) is 5.32 Å². The Morgan fingerprint density at radius 2 is 2.17 bits per heavy atom. The summed E-state index contributed by atoms with van der Waals surface area (Å²) in [5.74, 6) is 0. The van der Waals surface area contributed by atoms with Crippen LogP contribution in [0, 0.1) is 0 Å². The number of aliphatic hydroxyl groups excluding tert-OH is 2. The Morgan fingerprint density at radius 1 is 1.42 bits per heavy atom. The molecule has 12 heavy (non-hydrogen) atoms. The van der Waals surface area contributed by atoms with Gasteiger partial charge < -0.3 is 20.3 Å². The maximum Gasteiger partial charge on any atom is 0.0697 e. The molecule has 0 bridgehead atoms. The monoisotopic (exact) mass is 177 g/mol. The molecule has 0 radical (unpaired) electrons. The van der Waals surface area contributed by atoms with E-state index in [0.717, 1.165) is 13.0 Å². The van der Waals surface area contributed by atoms with Crippen molar-refractivity contribution in [1.82, 2.24) is 5.32 Å². The van der Waals surface area contributed by atoms with Crippen molar-refractivity contribution >= 4 is 0 Å². The first-order chi connectivity index (χ1) is 5.77. The quantitative estimate of drug-likeness (QED) is 0.431. The Labute approximate surface area is 73.5 Å². The SMILES string of the molecule is CC(O)CNCCCOCCO. The lowest BCUT2D eigenvalue weighted by molar-refractivity contribution is 0.0901. The highest BCUT2D eigenvalue weighted by molar-refractivity contribution is 4.52. The summed E-state index contributed by atoms with van der Waals surface area (Å²) >= 11 is 0. The van der Waals surface area contributed by atoms with Crippen molar-refractivity contribution in [3.63, 3.8) is 0 Å². The van der Waals surface area contributed by atoms with Crippen LogP contribution in [0.15, 0.2) is 0 Å². The molecule has 0 spiro atoms. The standard InChI is InChI=1S/C8H19NO3/c1-8(11)7-9-3-2-5-12-6-4-10/h8-11H,2-7H2,1H3. The maximum absolute atomic E-state index is 8.87. The van der Waals surface area contributed by atoms with Crippen LogP contribution in [0.4, 0.5) is 0 Å². The topological polar surface area (TPSA) is 61.7 Å². The van der Waals surface area contributed by atoms with Gasteiger partial charge >= 0.3 is 0 Å². The largest absolute Gasteiger partial charge is 0.394 e. The maximum atomic E-state index is 8.87. The molecule has 3 N–H and O–H groups in total. The van der Waals surface area contributed by atoms with Gasteiger partial charge in [-0.1, -0.05) is 0 Å². The minimum Gasteiger partial charge on any atom is -0.394 e. The Balaban J connectivity index is 2.82. The van der Waals surface area contributed by atoms with Gasteiger partial charge in [-0.3, -0.25) is 0 Å². The van der Waals surface area contributed by atoms with Crippen molar-refractivity contribution in [2.45, 2.75) is 19.4 Å². The zero-order chi connectivity index (χ0) is 9.23. The summed E-state index contributed by atoms with van der Waals surface area (Å²) < 4.78 is 5.04. The van der Waals surface area contributed by atoms with E-state index in [1.807, 2.05) is 0 Å². The molecule has 0 aliphatic rings. The number of hydrogen-bond acceptors (Lipinski definition) is 4. The summed E-state index contributed by atoms with van der Waals surface area (Å²) in [7, 11) is 0. The fourth-order valence-electron chi connectivity index (χ4n) is 0.777. The van der Waals surface area contributed by atoms with Gasteiger partial charge in [0.1, 0.15) is 0 Å². The summed E-state index contributed by atoms with van der Waals surface area (Å²) in [6, 6.07) is 0. The number of nitrogens with one attached hydrogen (secondary N) is 1. The number of aliphatic hydroxyl groups is 2. The van der Waals surface area contributed by atoms with Crippen molar-refractivity contribution in [3.8, 4) is 0 Å². The zero-order valence-corrected chi connectivity index (χ0v) is 7.62. The molecule has 0 amide bonds. The molecule has 0 aromatic heterocycles. The fourth-order valence-corrected chi connectivity index (χ4v) is 0.777. The van der Waals surface area contributed by atoms with Gasteiger partial charge in [0.25, 0.3) is 0 Å². The van der Waals surface area contributed by atoms with Crippen molar-refractivity contribution < 1.29 is 14.9 Å². The van der Waals surface area contributed by atoms with E-state index in [9.17, 15) is 0 Å². The van der Waals surface area contributed by atoms with Gasteiger partial charge in [-0.15, -0.1) is 0 Å². The average Bonchev–Trinajstić information content (AvgIpc) is 2.02. The molecule has 1 atom stereocenters. The van der Waals surface area contributed by atoms with Gasteiger partial charge in [0.2, 0.25) is 0 Å². The first kappa shape index (κ1) is 11.8. The second kappa shape index (κ2) is 8.93. The Hall–Kier alpha value is -0.160. The normalized spacial score (nSPS) is 13.2. The summed E-state index contributed by atoms with van der Waals surface area (Å²) in [4.78, 5) is 0. The van der Waals surface area contributed by atoms with Crippen molar-refractivity contribution in [1.29, 1.82) is 0 Å².